The van der Waals surface area contributed by atoms with Gasteiger partial charge in [-0.2, -0.15) is 0 Å². The standard InChI is InChI=1S/C16H32N2/c1-16(2)10-5-4-6-15(16)17-11-7-14-8-12-18(3)13-9-14/h14-15,17H,4-13H2,1-3H3. The molecule has 0 aromatic heterocycles. The van der Waals surface area contributed by atoms with Crippen molar-refractivity contribution in [2.24, 2.45) is 11.3 Å². The van der Waals surface area contributed by atoms with Gasteiger partial charge < -0.3 is 10.2 Å². The predicted octanol–water partition coefficient (Wildman–Crippen LogP) is 3.28. The van der Waals surface area contributed by atoms with Crippen molar-refractivity contribution in [3.63, 3.8) is 0 Å². The number of piperidine rings is 1. The topological polar surface area (TPSA) is 15.3 Å². The highest BCUT2D eigenvalue weighted by atomic mass is 15.1. The van der Waals surface area contributed by atoms with Crippen molar-refractivity contribution in [3.05, 3.63) is 0 Å². The van der Waals surface area contributed by atoms with Crippen LogP contribution >= 0.6 is 0 Å². The first-order valence-electron chi connectivity index (χ1n) is 8.00. The van der Waals surface area contributed by atoms with Gasteiger partial charge in [-0.3, -0.25) is 0 Å². The third kappa shape index (κ3) is 3.96. The minimum absolute atomic E-state index is 0.519. The summed E-state index contributed by atoms with van der Waals surface area (Å²) in [6, 6.07) is 0.762. The summed E-state index contributed by atoms with van der Waals surface area (Å²) in [5.41, 5.74) is 0.519. The van der Waals surface area contributed by atoms with Gasteiger partial charge in [0.1, 0.15) is 0 Å². The van der Waals surface area contributed by atoms with E-state index >= 15 is 0 Å². The molecule has 106 valence electrons. The summed E-state index contributed by atoms with van der Waals surface area (Å²) in [5, 5.41) is 3.86. The Balaban J connectivity index is 1.65. The fourth-order valence-corrected chi connectivity index (χ4v) is 3.68. The van der Waals surface area contributed by atoms with Crippen molar-refractivity contribution in [1.29, 1.82) is 0 Å². The highest BCUT2D eigenvalue weighted by Gasteiger charge is 2.31. The fraction of sp³-hybridized carbons (Fsp3) is 1.00. The van der Waals surface area contributed by atoms with E-state index in [1.54, 1.807) is 0 Å². The molecule has 2 heteroatoms. The summed E-state index contributed by atoms with van der Waals surface area (Å²) in [7, 11) is 2.25. The molecule has 1 unspecified atom stereocenters. The van der Waals surface area contributed by atoms with Crippen LogP contribution in [-0.2, 0) is 0 Å². The lowest BCUT2D eigenvalue weighted by atomic mass is 9.73. The zero-order valence-corrected chi connectivity index (χ0v) is 12.7. The molecule has 2 nitrogen and oxygen atoms in total. The molecule has 2 aliphatic rings. The van der Waals surface area contributed by atoms with Gasteiger partial charge in [-0.15, -0.1) is 0 Å². The van der Waals surface area contributed by atoms with E-state index in [0.29, 0.717) is 5.41 Å². The lowest BCUT2D eigenvalue weighted by molar-refractivity contribution is 0.160. The average molecular weight is 252 g/mol. The van der Waals surface area contributed by atoms with E-state index in [4.69, 9.17) is 0 Å². The van der Waals surface area contributed by atoms with Crippen LogP contribution in [0.2, 0.25) is 0 Å². The van der Waals surface area contributed by atoms with Crippen LogP contribution in [0.1, 0.15) is 58.8 Å². The molecule has 1 N–H and O–H groups in total. The predicted molar refractivity (Wildman–Crippen MR) is 78.9 cm³/mol. The van der Waals surface area contributed by atoms with Crippen LogP contribution in [0.3, 0.4) is 0 Å². The van der Waals surface area contributed by atoms with Gasteiger partial charge in [0.05, 0.1) is 0 Å². The van der Waals surface area contributed by atoms with Crippen LogP contribution in [0.15, 0.2) is 0 Å². The molecule has 1 saturated heterocycles. The molecule has 1 atom stereocenters. The minimum atomic E-state index is 0.519. The molecule has 0 bridgehead atoms. The normalized spacial score (nSPS) is 30.5. The highest BCUT2D eigenvalue weighted by molar-refractivity contribution is 4.88. The fourth-order valence-electron chi connectivity index (χ4n) is 3.68. The maximum absolute atomic E-state index is 3.86. The van der Waals surface area contributed by atoms with Gasteiger partial charge in [-0.1, -0.05) is 26.7 Å². The first-order chi connectivity index (χ1) is 8.58. The zero-order chi connectivity index (χ0) is 13.0. The summed E-state index contributed by atoms with van der Waals surface area (Å²) in [6.07, 6.45) is 9.85. The van der Waals surface area contributed by atoms with Crippen LogP contribution in [-0.4, -0.2) is 37.6 Å². The van der Waals surface area contributed by atoms with Gasteiger partial charge in [0, 0.05) is 6.04 Å². The minimum Gasteiger partial charge on any atom is -0.313 e. The largest absolute Gasteiger partial charge is 0.313 e. The lowest BCUT2D eigenvalue weighted by Gasteiger charge is -2.39. The monoisotopic (exact) mass is 252 g/mol. The summed E-state index contributed by atoms with van der Waals surface area (Å²) in [4.78, 5) is 2.47. The molecule has 1 aliphatic carbocycles. The van der Waals surface area contributed by atoms with Crippen LogP contribution in [0.4, 0.5) is 0 Å². The molecule has 2 rings (SSSR count). The zero-order valence-electron chi connectivity index (χ0n) is 12.7. The molecule has 1 aliphatic heterocycles. The van der Waals surface area contributed by atoms with Gasteiger partial charge in [0.2, 0.25) is 0 Å². The summed E-state index contributed by atoms with van der Waals surface area (Å²) in [5.74, 6) is 0.973. The highest BCUT2D eigenvalue weighted by Crippen LogP contribution is 2.35. The number of likely N-dealkylation sites (tertiary alicyclic amines) is 1. The quantitative estimate of drug-likeness (QED) is 0.826. The lowest BCUT2D eigenvalue weighted by Crippen LogP contribution is -2.45. The van der Waals surface area contributed by atoms with Gasteiger partial charge in [0.25, 0.3) is 0 Å². The van der Waals surface area contributed by atoms with Crippen molar-refractivity contribution in [1.82, 2.24) is 10.2 Å². The Labute approximate surface area is 114 Å². The van der Waals surface area contributed by atoms with Crippen LogP contribution in [0, 0.1) is 11.3 Å². The van der Waals surface area contributed by atoms with E-state index < -0.39 is 0 Å². The molecule has 0 amide bonds. The van der Waals surface area contributed by atoms with Crippen molar-refractivity contribution in [2.75, 3.05) is 26.7 Å². The Morgan fingerprint density at radius 1 is 1.11 bits per heavy atom. The van der Waals surface area contributed by atoms with Gasteiger partial charge in [0.15, 0.2) is 0 Å². The SMILES string of the molecule is CN1CCC(CCNC2CCCCC2(C)C)CC1. The Morgan fingerprint density at radius 3 is 2.50 bits per heavy atom. The number of nitrogens with one attached hydrogen (secondary N) is 1. The number of nitrogens with zero attached hydrogens (tertiary/aromatic N) is 1. The third-order valence-corrected chi connectivity index (χ3v) is 5.29. The molecule has 1 heterocycles. The molecule has 1 saturated carbocycles. The number of hydrogen-bond donors (Lipinski definition) is 1. The second-order valence-corrected chi connectivity index (χ2v) is 7.28. The molecular weight excluding hydrogens is 220 g/mol. The summed E-state index contributed by atoms with van der Waals surface area (Å²) >= 11 is 0. The second-order valence-electron chi connectivity index (χ2n) is 7.28. The Kier molecular flexibility index (Phi) is 5.08. The molecular formula is C16H32N2. The first-order valence-corrected chi connectivity index (χ1v) is 8.00. The molecule has 18 heavy (non-hydrogen) atoms. The van der Waals surface area contributed by atoms with Gasteiger partial charge in [-0.25, -0.2) is 0 Å². The maximum Gasteiger partial charge on any atom is 0.0118 e. The second kappa shape index (κ2) is 6.38. The Morgan fingerprint density at radius 2 is 1.83 bits per heavy atom. The summed E-state index contributed by atoms with van der Waals surface area (Å²) < 4.78 is 0. The van der Waals surface area contributed by atoms with Crippen molar-refractivity contribution in [3.8, 4) is 0 Å². The molecule has 0 spiro atoms. The molecule has 0 aromatic carbocycles. The molecule has 0 radical (unpaired) electrons. The third-order valence-electron chi connectivity index (χ3n) is 5.29. The molecule has 0 aromatic rings. The van der Waals surface area contributed by atoms with E-state index in [9.17, 15) is 0 Å². The smallest absolute Gasteiger partial charge is 0.0118 e. The van der Waals surface area contributed by atoms with Crippen molar-refractivity contribution < 1.29 is 0 Å². The van der Waals surface area contributed by atoms with E-state index in [0.717, 1.165) is 12.0 Å². The molecule has 2 fully saturated rings. The summed E-state index contributed by atoms with van der Waals surface area (Å²) in [6.45, 7) is 8.74. The van der Waals surface area contributed by atoms with Crippen molar-refractivity contribution in [2.45, 2.75) is 64.8 Å². The van der Waals surface area contributed by atoms with E-state index in [1.165, 1.54) is 64.6 Å². The van der Waals surface area contributed by atoms with Gasteiger partial charge >= 0.3 is 0 Å². The number of rotatable bonds is 4. The average Bonchev–Trinajstić information content (AvgIpc) is 2.33. The van der Waals surface area contributed by atoms with Crippen LogP contribution in [0.25, 0.3) is 0 Å². The maximum atomic E-state index is 3.86. The Bertz CT molecular complexity index is 241. The van der Waals surface area contributed by atoms with Crippen molar-refractivity contribution >= 4 is 0 Å². The van der Waals surface area contributed by atoms with E-state index in [1.807, 2.05) is 0 Å². The van der Waals surface area contributed by atoms with Crippen LogP contribution in [0.5, 0.6) is 0 Å². The van der Waals surface area contributed by atoms with E-state index in [-0.39, 0.29) is 0 Å². The number of hydrogen-bond acceptors (Lipinski definition) is 2. The van der Waals surface area contributed by atoms with E-state index in [2.05, 4.69) is 31.1 Å². The van der Waals surface area contributed by atoms with Crippen LogP contribution < -0.4 is 5.32 Å². The van der Waals surface area contributed by atoms with Gasteiger partial charge in [-0.05, 0) is 70.1 Å². The first kappa shape index (κ1) is 14.3. The Hall–Kier alpha value is -0.0800.